The van der Waals surface area contributed by atoms with Gasteiger partial charge in [0, 0.05) is 0 Å². The Balaban J connectivity index is 2.02. The van der Waals surface area contributed by atoms with E-state index in [1.54, 1.807) is 12.1 Å². The molecule has 0 amide bonds. The van der Waals surface area contributed by atoms with Crippen LogP contribution in [-0.2, 0) is 5.41 Å². The molecule has 3 heteroatoms. The minimum atomic E-state index is -1.16. The largest absolute Gasteiger partial charge is 0.508 e. The maximum atomic E-state index is 9.63. The second-order valence-electron chi connectivity index (χ2n) is 7.37. The van der Waals surface area contributed by atoms with Gasteiger partial charge < -0.3 is 5.11 Å². The quantitative estimate of drug-likeness (QED) is 0.745. The number of hydrogen-bond acceptors (Lipinski definition) is 2. The lowest BCUT2D eigenvalue weighted by atomic mass is 9.94. The average molecular weight is 302 g/mol. The van der Waals surface area contributed by atoms with Crippen molar-refractivity contribution in [2.24, 2.45) is 5.92 Å². The van der Waals surface area contributed by atoms with Crippen LogP contribution in [0.15, 0.2) is 24.3 Å². The fourth-order valence-corrected chi connectivity index (χ4v) is 6.03. The standard InChI is InChI=1S/C18H27NOSi/c1-5-14(2)21(3,4)11-10-16-12-18(16,13-19)15-6-8-17(20)9-7-15/h6-9,14,16,20H,5,10-12H2,1-4H3/t14?,16-,18-/m0/s1. The van der Waals surface area contributed by atoms with Gasteiger partial charge in [-0.25, -0.2) is 0 Å². The molecule has 2 nitrogen and oxygen atoms in total. The van der Waals surface area contributed by atoms with Crippen molar-refractivity contribution in [3.05, 3.63) is 29.8 Å². The van der Waals surface area contributed by atoms with Gasteiger partial charge in [-0.1, -0.05) is 58.0 Å². The highest BCUT2D eigenvalue weighted by Gasteiger charge is 2.55. The number of aromatic hydroxyl groups is 1. The Morgan fingerprint density at radius 3 is 2.52 bits per heavy atom. The molecule has 0 saturated heterocycles. The third kappa shape index (κ3) is 3.16. The van der Waals surface area contributed by atoms with Crippen molar-refractivity contribution in [3.63, 3.8) is 0 Å². The van der Waals surface area contributed by atoms with Crippen LogP contribution in [0.1, 0.15) is 38.7 Å². The number of nitriles is 1. The highest BCUT2D eigenvalue weighted by Crippen LogP contribution is 2.57. The van der Waals surface area contributed by atoms with Crippen molar-refractivity contribution < 1.29 is 5.11 Å². The molecule has 0 heterocycles. The number of phenols is 1. The van der Waals surface area contributed by atoms with Crippen molar-refractivity contribution in [3.8, 4) is 11.8 Å². The molecule has 1 aromatic carbocycles. The Hall–Kier alpha value is -1.27. The normalized spacial score (nSPS) is 26.1. The van der Waals surface area contributed by atoms with Gasteiger partial charge in [0.2, 0.25) is 0 Å². The first-order valence-electron chi connectivity index (χ1n) is 8.06. The summed E-state index contributed by atoms with van der Waals surface area (Å²) in [6.45, 7) is 9.64. The lowest BCUT2D eigenvalue weighted by Gasteiger charge is -2.29. The van der Waals surface area contributed by atoms with Crippen LogP contribution >= 0.6 is 0 Å². The molecule has 2 rings (SSSR count). The van der Waals surface area contributed by atoms with Crippen molar-refractivity contribution in [2.75, 3.05) is 0 Å². The zero-order chi connectivity index (χ0) is 15.7. The summed E-state index contributed by atoms with van der Waals surface area (Å²) in [6, 6.07) is 11.1. The van der Waals surface area contributed by atoms with Gasteiger partial charge >= 0.3 is 0 Å². The molecule has 1 N–H and O–H groups in total. The van der Waals surface area contributed by atoms with Crippen molar-refractivity contribution >= 4 is 8.07 Å². The highest BCUT2D eigenvalue weighted by atomic mass is 28.3. The van der Waals surface area contributed by atoms with E-state index in [9.17, 15) is 10.4 Å². The lowest BCUT2D eigenvalue weighted by molar-refractivity contribution is 0.475. The zero-order valence-corrected chi connectivity index (χ0v) is 14.7. The lowest BCUT2D eigenvalue weighted by Crippen LogP contribution is -2.30. The molecule has 21 heavy (non-hydrogen) atoms. The predicted molar refractivity (Wildman–Crippen MR) is 90.1 cm³/mol. The van der Waals surface area contributed by atoms with Crippen molar-refractivity contribution in [1.82, 2.24) is 0 Å². The van der Waals surface area contributed by atoms with Gasteiger partial charge in [0.15, 0.2) is 0 Å². The van der Waals surface area contributed by atoms with Crippen molar-refractivity contribution in [1.29, 1.82) is 5.26 Å². The second kappa shape index (κ2) is 5.85. The first-order valence-corrected chi connectivity index (χ1v) is 11.3. The van der Waals surface area contributed by atoms with E-state index in [0.29, 0.717) is 5.92 Å². The van der Waals surface area contributed by atoms with E-state index in [0.717, 1.165) is 17.5 Å². The third-order valence-electron chi connectivity index (χ3n) is 5.77. The molecule has 1 saturated carbocycles. The van der Waals surface area contributed by atoms with Gasteiger partial charge in [0.05, 0.1) is 19.6 Å². The van der Waals surface area contributed by atoms with Gasteiger partial charge in [0.25, 0.3) is 0 Å². The molecule has 114 valence electrons. The monoisotopic (exact) mass is 301 g/mol. The van der Waals surface area contributed by atoms with E-state index in [1.807, 2.05) is 12.1 Å². The summed E-state index contributed by atoms with van der Waals surface area (Å²) >= 11 is 0. The molecule has 3 atom stereocenters. The maximum absolute atomic E-state index is 9.63. The molecule has 0 aromatic heterocycles. The molecule has 0 radical (unpaired) electrons. The number of benzene rings is 1. The molecular formula is C18H27NOSi. The van der Waals surface area contributed by atoms with Crippen LogP contribution in [-0.4, -0.2) is 13.2 Å². The van der Waals surface area contributed by atoms with Crippen LogP contribution in [0.5, 0.6) is 5.75 Å². The molecule has 0 bridgehead atoms. The topological polar surface area (TPSA) is 44.0 Å². The third-order valence-corrected chi connectivity index (χ3v) is 10.4. The molecule has 0 spiro atoms. The van der Waals surface area contributed by atoms with E-state index >= 15 is 0 Å². The van der Waals surface area contributed by atoms with E-state index in [-0.39, 0.29) is 11.2 Å². The summed E-state index contributed by atoms with van der Waals surface area (Å²) in [5, 5.41) is 19.0. The van der Waals surface area contributed by atoms with E-state index in [1.165, 1.54) is 18.9 Å². The van der Waals surface area contributed by atoms with Crippen LogP contribution in [0.25, 0.3) is 0 Å². The fraction of sp³-hybridized carbons (Fsp3) is 0.611. The van der Waals surface area contributed by atoms with E-state index in [2.05, 4.69) is 33.0 Å². The van der Waals surface area contributed by atoms with Crippen LogP contribution in [0.2, 0.25) is 24.7 Å². The predicted octanol–water partition coefficient (Wildman–Crippen LogP) is 5.07. The Morgan fingerprint density at radius 1 is 1.38 bits per heavy atom. The SMILES string of the molecule is CCC(C)[Si](C)(C)CC[C@H]1C[C@]1(C#N)c1ccc(O)cc1. The minimum absolute atomic E-state index is 0.273. The first kappa shape index (κ1) is 16.1. The van der Waals surface area contributed by atoms with Crippen LogP contribution in [0, 0.1) is 17.2 Å². The zero-order valence-electron chi connectivity index (χ0n) is 13.7. The van der Waals surface area contributed by atoms with Gasteiger partial charge in [-0.05, 0) is 35.6 Å². The van der Waals surface area contributed by atoms with E-state index in [4.69, 9.17) is 0 Å². The van der Waals surface area contributed by atoms with Gasteiger partial charge in [-0.3, -0.25) is 0 Å². The Bertz CT molecular complexity index is 531. The molecule has 1 aliphatic rings. The summed E-state index contributed by atoms with van der Waals surface area (Å²) in [5.41, 5.74) is 1.64. The summed E-state index contributed by atoms with van der Waals surface area (Å²) in [7, 11) is -1.16. The molecule has 1 fully saturated rings. The molecule has 1 aromatic rings. The molecule has 0 aliphatic heterocycles. The summed E-state index contributed by atoms with van der Waals surface area (Å²) in [5.74, 6) is 0.775. The fourth-order valence-electron chi connectivity index (χ4n) is 3.34. The Labute approximate surface area is 129 Å². The average Bonchev–Trinajstić information content (AvgIpc) is 3.20. The maximum Gasteiger partial charge on any atom is 0.115 e. The number of rotatable bonds is 6. The summed E-state index contributed by atoms with van der Waals surface area (Å²) in [4.78, 5) is 0. The highest BCUT2D eigenvalue weighted by molar-refractivity contribution is 6.78. The second-order valence-corrected chi connectivity index (χ2v) is 12.8. The summed E-state index contributed by atoms with van der Waals surface area (Å²) in [6.07, 6.45) is 3.43. The molecule has 1 unspecified atom stereocenters. The smallest absolute Gasteiger partial charge is 0.115 e. The number of hydrogen-bond donors (Lipinski definition) is 1. The Kier molecular flexibility index (Phi) is 4.48. The minimum Gasteiger partial charge on any atom is -0.508 e. The van der Waals surface area contributed by atoms with Gasteiger partial charge in [-0.2, -0.15) is 5.26 Å². The summed E-state index contributed by atoms with van der Waals surface area (Å²) < 4.78 is 0. The van der Waals surface area contributed by atoms with Gasteiger partial charge in [0.1, 0.15) is 5.75 Å². The number of phenolic OH excluding ortho intramolecular Hbond substituents is 1. The number of nitrogens with zero attached hydrogens (tertiary/aromatic N) is 1. The van der Waals surface area contributed by atoms with Crippen molar-refractivity contribution in [2.45, 2.75) is 63.2 Å². The molecule has 1 aliphatic carbocycles. The van der Waals surface area contributed by atoms with Crippen LogP contribution in [0.3, 0.4) is 0 Å². The first-order chi connectivity index (χ1) is 9.85. The van der Waals surface area contributed by atoms with E-state index < -0.39 is 8.07 Å². The molecular weight excluding hydrogens is 274 g/mol. The van der Waals surface area contributed by atoms with Gasteiger partial charge in [-0.15, -0.1) is 0 Å². The van der Waals surface area contributed by atoms with Crippen LogP contribution in [0.4, 0.5) is 0 Å². The Morgan fingerprint density at radius 2 is 2.00 bits per heavy atom. The van der Waals surface area contributed by atoms with Crippen LogP contribution < -0.4 is 0 Å².